The van der Waals surface area contributed by atoms with Crippen LogP contribution in [0.25, 0.3) is 5.95 Å². The minimum absolute atomic E-state index is 0.0835. The summed E-state index contributed by atoms with van der Waals surface area (Å²) in [5.41, 5.74) is 4.71. The summed E-state index contributed by atoms with van der Waals surface area (Å²) >= 11 is 0. The van der Waals surface area contributed by atoms with Gasteiger partial charge in [-0.1, -0.05) is 13.0 Å². The van der Waals surface area contributed by atoms with E-state index in [4.69, 9.17) is 0 Å². The molecule has 1 saturated heterocycles. The molecule has 0 radical (unpaired) electrons. The Kier molecular flexibility index (Phi) is 5.88. The van der Waals surface area contributed by atoms with Gasteiger partial charge in [-0.3, -0.25) is 19.4 Å². The van der Waals surface area contributed by atoms with Crippen molar-refractivity contribution in [1.29, 1.82) is 0 Å². The van der Waals surface area contributed by atoms with Gasteiger partial charge in [0.25, 0.3) is 5.56 Å². The van der Waals surface area contributed by atoms with Gasteiger partial charge in [-0.05, 0) is 57.4 Å². The fourth-order valence-corrected chi connectivity index (χ4v) is 4.12. The lowest BCUT2D eigenvalue weighted by Gasteiger charge is -2.18. The van der Waals surface area contributed by atoms with E-state index in [-0.39, 0.29) is 29.7 Å². The molecule has 1 fully saturated rings. The molecule has 9 nitrogen and oxygen atoms in total. The predicted molar refractivity (Wildman–Crippen MR) is 126 cm³/mol. The first-order valence-corrected chi connectivity index (χ1v) is 11.0. The molecule has 2 amide bonds. The topological polar surface area (TPSA) is 113 Å². The van der Waals surface area contributed by atoms with Crippen molar-refractivity contribution in [2.45, 2.75) is 47.5 Å². The van der Waals surface area contributed by atoms with Crippen LogP contribution in [0.1, 0.15) is 41.4 Å². The molecule has 172 valence electrons. The first-order valence-electron chi connectivity index (χ1n) is 11.0. The van der Waals surface area contributed by atoms with Crippen LogP contribution in [0.3, 0.4) is 0 Å². The Labute approximate surface area is 191 Å². The van der Waals surface area contributed by atoms with Gasteiger partial charge in [0.1, 0.15) is 5.82 Å². The summed E-state index contributed by atoms with van der Waals surface area (Å²) < 4.78 is 1.42. The van der Waals surface area contributed by atoms with Crippen LogP contribution in [0.4, 0.5) is 11.5 Å². The van der Waals surface area contributed by atoms with E-state index in [1.165, 1.54) is 4.68 Å². The molecule has 3 aromatic rings. The lowest BCUT2D eigenvalue weighted by molar-refractivity contribution is -0.122. The molecule has 9 heteroatoms. The van der Waals surface area contributed by atoms with Crippen molar-refractivity contribution in [3.8, 4) is 5.95 Å². The Balaban J connectivity index is 1.56. The predicted octanol–water partition coefficient (Wildman–Crippen LogP) is 2.74. The van der Waals surface area contributed by atoms with Gasteiger partial charge in [0.05, 0.1) is 11.6 Å². The van der Waals surface area contributed by atoms with Gasteiger partial charge in [0, 0.05) is 36.0 Å². The number of aromatic amines is 1. The van der Waals surface area contributed by atoms with E-state index in [0.29, 0.717) is 35.7 Å². The van der Waals surface area contributed by atoms with Crippen LogP contribution in [0.15, 0.2) is 29.1 Å². The van der Waals surface area contributed by atoms with Crippen molar-refractivity contribution in [3.63, 3.8) is 0 Å². The maximum absolute atomic E-state index is 13.1. The van der Waals surface area contributed by atoms with E-state index in [1.807, 2.05) is 39.0 Å². The second-order valence-electron chi connectivity index (χ2n) is 8.55. The highest BCUT2D eigenvalue weighted by Gasteiger charge is 2.35. The maximum atomic E-state index is 13.1. The molecule has 0 unspecified atom stereocenters. The second kappa shape index (κ2) is 8.65. The third-order valence-electron chi connectivity index (χ3n) is 6.14. The smallest absolute Gasteiger partial charge is 0.255 e. The number of hydrogen-bond donors (Lipinski definition) is 2. The first-order chi connectivity index (χ1) is 15.7. The van der Waals surface area contributed by atoms with E-state index in [1.54, 1.807) is 24.8 Å². The number of benzene rings is 1. The van der Waals surface area contributed by atoms with Gasteiger partial charge in [-0.25, -0.2) is 4.98 Å². The van der Waals surface area contributed by atoms with Crippen molar-refractivity contribution in [3.05, 3.63) is 62.7 Å². The number of hydrogen-bond acceptors (Lipinski definition) is 5. The number of aromatic nitrogens is 4. The molecule has 4 rings (SSSR count). The van der Waals surface area contributed by atoms with Crippen molar-refractivity contribution in [2.75, 3.05) is 16.8 Å². The first kappa shape index (κ1) is 22.4. The summed E-state index contributed by atoms with van der Waals surface area (Å²) in [6.45, 7) is 9.79. The lowest BCUT2D eigenvalue weighted by atomic mass is 10.1. The van der Waals surface area contributed by atoms with Crippen LogP contribution in [0.5, 0.6) is 0 Å². The summed E-state index contributed by atoms with van der Waals surface area (Å²) in [7, 11) is 0. The van der Waals surface area contributed by atoms with Gasteiger partial charge >= 0.3 is 0 Å². The second-order valence-corrected chi connectivity index (χ2v) is 8.55. The zero-order valence-corrected chi connectivity index (χ0v) is 19.5. The van der Waals surface area contributed by atoms with Crippen LogP contribution in [-0.4, -0.2) is 38.1 Å². The van der Waals surface area contributed by atoms with E-state index in [2.05, 4.69) is 20.4 Å². The molecule has 1 aliphatic heterocycles. The van der Waals surface area contributed by atoms with Crippen molar-refractivity contribution in [1.82, 2.24) is 19.7 Å². The molecule has 0 aliphatic carbocycles. The van der Waals surface area contributed by atoms with Crippen LogP contribution in [-0.2, 0) is 16.0 Å². The molecule has 2 N–H and O–H groups in total. The van der Waals surface area contributed by atoms with E-state index < -0.39 is 5.92 Å². The van der Waals surface area contributed by atoms with Crippen molar-refractivity contribution >= 4 is 23.3 Å². The summed E-state index contributed by atoms with van der Waals surface area (Å²) in [6.07, 6.45) is 0.703. The number of carbonyl (C=O) groups is 2. The maximum Gasteiger partial charge on any atom is 0.255 e. The molecule has 1 aromatic carbocycles. The van der Waals surface area contributed by atoms with Crippen molar-refractivity contribution < 1.29 is 9.59 Å². The van der Waals surface area contributed by atoms with Crippen LogP contribution in [0.2, 0.25) is 0 Å². The van der Waals surface area contributed by atoms with Crippen LogP contribution in [0, 0.1) is 33.6 Å². The average molecular weight is 449 g/mol. The number of nitrogens with one attached hydrogen (secondary N) is 2. The van der Waals surface area contributed by atoms with Gasteiger partial charge in [0.15, 0.2) is 0 Å². The highest BCUT2D eigenvalue weighted by atomic mass is 16.2. The number of carbonyl (C=O) groups excluding carboxylic acids is 2. The highest BCUT2D eigenvalue weighted by molar-refractivity contribution is 6.03. The van der Waals surface area contributed by atoms with Crippen LogP contribution < -0.4 is 15.8 Å². The Morgan fingerprint density at radius 1 is 1.15 bits per heavy atom. The molecule has 3 heterocycles. The minimum Gasteiger partial charge on any atom is -0.312 e. The number of H-pyrrole nitrogens is 1. The molecular formula is C24H28N6O3. The van der Waals surface area contributed by atoms with Gasteiger partial charge in [0.2, 0.25) is 17.8 Å². The largest absolute Gasteiger partial charge is 0.312 e. The summed E-state index contributed by atoms with van der Waals surface area (Å²) in [5.74, 6) is -0.238. The Morgan fingerprint density at radius 2 is 1.91 bits per heavy atom. The van der Waals surface area contributed by atoms with Gasteiger partial charge in [-0.2, -0.15) is 9.78 Å². The number of rotatable bonds is 5. The third-order valence-corrected chi connectivity index (χ3v) is 6.14. The van der Waals surface area contributed by atoms with Crippen LogP contribution >= 0.6 is 0 Å². The Morgan fingerprint density at radius 3 is 2.58 bits per heavy atom. The number of anilines is 2. The highest BCUT2D eigenvalue weighted by Crippen LogP contribution is 2.28. The van der Waals surface area contributed by atoms with Gasteiger partial charge in [-0.15, -0.1) is 0 Å². The van der Waals surface area contributed by atoms with E-state index in [0.717, 1.165) is 16.8 Å². The minimum atomic E-state index is -0.501. The zero-order chi connectivity index (χ0) is 23.9. The van der Waals surface area contributed by atoms with E-state index >= 15 is 0 Å². The summed E-state index contributed by atoms with van der Waals surface area (Å²) in [6, 6.07) is 7.56. The lowest BCUT2D eigenvalue weighted by Crippen LogP contribution is -2.29. The molecule has 33 heavy (non-hydrogen) atoms. The standard InChI is InChI=1S/C24H28N6O3/c1-6-19-16(5)25-24(27-23(19)33)30-20(10-15(4)28-30)26-22(32)17-11-21(31)29(12-17)18-8-7-13(2)14(3)9-18/h7-10,17H,6,11-12H2,1-5H3,(H,26,32)(H,25,27,33)/t17-/m1/s1. The fourth-order valence-electron chi connectivity index (χ4n) is 4.12. The normalized spacial score (nSPS) is 15.8. The molecule has 0 bridgehead atoms. The summed E-state index contributed by atoms with van der Waals surface area (Å²) in [4.78, 5) is 47.0. The molecule has 2 aromatic heterocycles. The zero-order valence-electron chi connectivity index (χ0n) is 19.5. The monoisotopic (exact) mass is 448 g/mol. The number of amides is 2. The average Bonchev–Trinajstić information content (AvgIpc) is 3.32. The fraction of sp³-hybridized carbons (Fsp3) is 0.375. The molecular weight excluding hydrogens is 420 g/mol. The van der Waals surface area contributed by atoms with Crippen molar-refractivity contribution in [2.24, 2.45) is 5.92 Å². The summed E-state index contributed by atoms with van der Waals surface area (Å²) in [5, 5.41) is 7.26. The molecule has 1 atom stereocenters. The Hall–Kier alpha value is -3.75. The molecule has 0 saturated carbocycles. The molecule has 0 spiro atoms. The Bertz CT molecular complexity index is 1310. The number of nitrogens with zero attached hydrogens (tertiary/aromatic N) is 4. The van der Waals surface area contributed by atoms with E-state index in [9.17, 15) is 14.4 Å². The third kappa shape index (κ3) is 4.30. The number of aryl methyl sites for hydroxylation is 4. The van der Waals surface area contributed by atoms with Gasteiger partial charge < -0.3 is 10.2 Å². The molecule has 1 aliphatic rings. The SMILES string of the molecule is CCc1c(C)nc(-n2nc(C)cc2NC(=O)[C@@H]2CC(=O)N(c3ccc(C)c(C)c3)C2)[nH]c1=O. The quantitative estimate of drug-likeness (QED) is 0.623.